The number of thiophene rings is 1. The van der Waals surface area contributed by atoms with Crippen LogP contribution in [-0.2, 0) is 16.0 Å². The summed E-state index contributed by atoms with van der Waals surface area (Å²) >= 11 is 1.73. The van der Waals surface area contributed by atoms with Crippen molar-refractivity contribution in [2.75, 3.05) is 19.6 Å². The zero-order valence-electron chi connectivity index (χ0n) is 18.8. The molecular weight excluding hydrogens is 420 g/mol. The number of amides is 2. The molecule has 0 saturated carbocycles. The van der Waals surface area contributed by atoms with Crippen molar-refractivity contribution in [1.29, 1.82) is 0 Å². The molecule has 1 aliphatic rings. The Morgan fingerprint density at radius 1 is 1.19 bits per heavy atom. The van der Waals surface area contributed by atoms with Crippen LogP contribution in [0.15, 0.2) is 48.0 Å². The number of rotatable bonds is 8. The maximum absolute atomic E-state index is 13.2. The highest BCUT2D eigenvalue weighted by molar-refractivity contribution is 7.10. The lowest BCUT2D eigenvalue weighted by atomic mass is 9.97. The van der Waals surface area contributed by atoms with Gasteiger partial charge in [0.2, 0.25) is 11.8 Å². The maximum atomic E-state index is 13.2. The van der Waals surface area contributed by atoms with E-state index in [4.69, 9.17) is 0 Å². The van der Waals surface area contributed by atoms with E-state index in [1.54, 1.807) is 11.3 Å². The molecule has 4 rings (SSSR count). The first kappa shape index (κ1) is 22.6. The average Bonchev–Trinajstić information content (AvgIpc) is 3.45. The maximum Gasteiger partial charge on any atom is 0.242 e. The van der Waals surface area contributed by atoms with Crippen molar-refractivity contribution < 1.29 is 9.59 Å². The summed E-state index contributed by atoms with van der Waals surface area (Å²) in [4.78, 5) is 32.1. The summed E-state index contributed by atoms with van der Waals surface area (Å²) in [5, 5.41) is 9.17. The first-order valence-corrected chi connectivity index (χ1v) is 12.3. The van der Waals surface area contributed by atoms with Gasteiger partial charge in [-0.15, -0.1) is 11.3 Å². The second-order valence-electron chi connectivity index (χ2n) is 8.81. The van der Waals surface area contributed by atoms with E-state index in [0.717, 1.165) is 35.5 Å². The van der Waals surface area contributed by atoms with E-state index >= 15 is 0 Å². The molecule has 1 fully saturated rings. The van der Waals surface area contributed by atoms with Crippen LogP contribution in [0.4, 0.5) is 0 Å². The molecule has 3 aromatic rings. The molecule has 0 spiro atoms. The molecule has 3 N–H and O–H groups in total. The summed E-state index contributed by atoms with van der Waals surface area (Å²) in [6.45, 7) is 6.40. The fraction of sp³-hybridized carbons (Fsp3) is 0.440. The van der Waals surface area contributed by atoms with Crippen LogP contribution in [0, 0.1) is 5.92 Å². The zero-order chi connectivity index (χ0) is 22.5. The standard InChI is InChI=1S/C25H32N4O2S/c1-17-9-11-29(12-10-17)23(24-8-5-13-32-24)16-27-25(31)22(28-18(2)30)14-19-15-26-21-7-4-3-6-20(19)21/h3-8,13,15,17,22-23,26H,9-12,14,16H2,1-2H3,(H,27,31)(H,28,30)/t22-,23-/m1/s1. The van der Waals surface area contributed by atoms with E-state index in [1.807, 2.05) is 30.5 Å². The van der Waals surface area contributed by atoms with Crippen LogP contribution in [-0.4, -0.2) is 47.4 Å². The second-order valence-corrected chi connectivity index (χ2v) is 9.79. The lowest BCUT2D eigenvalue weighted by Gasteiger charge is -2.36. The molecule has 0 unspecified atom stereocenters. The van der Waals surface area contributed by atoms with Crippen molar-refractivity contribution in [3.05, 3.63) is 58.4 Å². The van der Waals surface area contributed by atoms with Crippen molar-refractivity contribution >= 4 is 34.1 Å². The number of H-pyrrole nitrogens is 1. The quantitative estimate of drug-likeness (QED) is 0.486. The van der Waals surface area contributed by atoms with Crippen LogP contribution >= 0.6 is 11.3 Å². The smallest absolute Gasteiger partial charge is 0.242 e. The number of carbonyl (C=O) groups is 2. The number of piperidine rings is 1. The highest BCUT2D eigenvalue weighted by atomic mass is 32.1. The number of nitrogens with one attached hydrogen (secondary N) is 3. The molecule has 0 radical (unpaired) electrons. The normalized spacial score (nSPS) is 17.2. The number of fused-ring (bicyclic) bond motifs is 1. The molecule has 0 bridgehead atoms. The third kappa shape index (κ3) is 5.40. The monoisotopic (exact) mass is 452 g/mol. The van der Waals surface area contributed by atoms with Crippen LogP contribution in [0.1, 0.15) is 43.2 Å². The Hall–Kier alpha value is -2.64. The Morgan fingerprint density at radius 3 is 2.69 bits per heavy atom. The van der Waals surface area contributed by atoms with Gasteiger partial charge in [-0.25, -0.2) is 0 Å². The van der Waals surface area contributed by atoms with Crippen LogP contribution in [0.2, 0.25) is 0 Å². The highest BCUT2D eigenvalue weighted by Crippen LogP contribution is 2.29. The molecule has 1 aliphatic heterocycles. The fourth-order valence-electron chi connectivity index (χ4n) is 4.53. The van der Waals surface area contributed by atoms with Gasteiger partial charge in [0, 0.05) is 41.9 Å². The number of aromatic nitrogens is 1. The van der Waals surface area contributed by atoms with Gasteiger partial charge in [0.1, 0.15) is 6.04 Å². The van der Waals surface area contributed by atoms with Gasteiger partial charge < -0.3 is 15.6 Å². The van der Waals surface area contributed by atoms with E-state index in [9.17, 15) is 9.59 Å². The van der Waals surface area contributed by atoms with Crippen LogP contribution in [0.25, 0.3) is 10.9 Å². The predicted octanol–water partition coefficient (Wildman–Crippen LogP) is 3.87. The third-order valence-electron chi connectivity index (χ3n) is 6.39. The van der Waals surface area contributed by atoms with Gasteiger partial charge in [0.25, 0.3) is 0 Å². The van der Waals surface area contributed by atoms with E-state index in [1.165, 1.54) is 24.6 Å². The molecule has 6 nitrogen and oxygen atoms in total. The lowest BCUT2D eigenvalue weighted by molar-refractivity contribution is -0.128. The van der Waals surface area contributed by atoms with Gasteiger partial charge in [-0.05, 0) is 54.9 Å². The Bertz CT molecular complexity index is 1040. The van der Waals surface area contributed by atoms with E-state index in [-0.39, 0.29) is 17.9 Å². The van der Waals surface area contributed by atoms with Crippen LogP contribution in [0.5, 0.6) is 0 Å². The molecule has 2 aromatic heterocycles. The van der Waals surface area contributed by atoms with E-state index in [0.29, 0.717) is 13.0 Å². The van der Waals surface area contributed by atoms with Gasteiger partial charge in [-0.3, -0.25) is 14.5 Å². The van der Waals surface area contributed by atoms with Crippen LogP contribution in [0.3, 0.4) is 0 Å². The Labute approximate surface area is 193 Å². The molecule has 2 atom stereocenters. The Morgan fingerprint density at radius 2 is 1.97 bits per heavy atom. The van der Waals surface area contributed by atoms with Crippen molar-refractivity contribution in [3.63, 3.8) is 0 Å². The SMILES string of the molecule is CC(=O)N[C@H](Cc1c[nH]c2ccccc12)C(=O)NC[C@H](c1cccs1)N1CCC(C)CC1. The molecule has 1 aromatic carbocycles. The summed E-state index contributed by atoms with van der Waals surface area (Å²) in [5.74, 6) is 0.410. The van der Waals surface area contributed by atoms with E-state index < -0.39 is 6.04 Å². The molecular formula is C25H32N4O2S. The van der Waals surface area contributed by atoms with Crippen LogP contribution < -0.4 is 10.6 Å². The number of aromatic amines is 1. The van der Waals surface area contributed by atoms with Crippen molar-refractivity contribution in [2.45, 2.75) is 45.2 Å². The van der Waals surface area contributed by atoms with E-state index in [2.05, 4.69) is 45.0 Å². The number of likely N-dealkylation sites (tertiary alicyclic amines) is 1. The van der Waals surface area contributed by atoms with Gasteiger partial charge in [0.05, 0.1) is 6.04 Å². The Kier molecular flexibility index (Phi) is 7.27. The molecule has 32 heavy (non-hydrogen) atoms. The summed E-state index contributed by atoms with van der Waals surface area (Å²) < 4.78 is 0. The zero-order valence-corrected chi connectivity index (χ0v) is 19.6. The topological polar surface area (TPSA) is 77.2 Å². The molecule has 2 amide bonds. The number of nitrogens with zero attached hydrogens (tertiary/aromatic N) is 1. The fourth-order valence-corrected chi connectivity index (χ4v) is 5.39. The number of hydrogen-bond donors (Lipinski definition) is 3. The number of benzene rings is 1. The minimum absolute atomic E-state index is 0.141. The largest absolute Gasteiger partial charge is 0.361 e. The van der Waals surface area contributed by atoms with Gasteiger partial charge in [-0.2, -0.15) is 0 Å². The average molecular weight is 453 g/mol. The summed E-state index contributed by atoms with van der Waals surface area (Å²) in [6.07, 6.45) is 4.74. The molecule has 1 saturated heterocycles. The van der Waals surface area contributed by atoms with Gasteiger partial charge in [-0.1, -0.05) is 31.2 Å². The summed E-state index contributed by atoms with van der Waals surface area (Å²) in [7, 11) is 0. The van der Waals surface area contributed by atoms with Crippen molar-refractivity contribution in [3.8, 4) is 0 Å². The predicted molar refractivity (Wildman–Crippen MR) is 130 cm³/mol. The van der Waals surface area contributed by atoms with Gasteiger partial charge >= 0.3 is 0 Å². The second kappa shape index (κ2) is 10.3. The third-order valence-corrected chi connectivity index (χ3v) is 7.37. The summed E-state index contributed by atoms with van der Waals surface area (Å²) in [5.41, 5.74) is 2.05. The molecule has 3 heterocycles. The Balaban J connectivity index is 1.46. The first-order valence-electron chi connectivity index (χ1n) is 11.4. The first-order chi connectivity index (χ1) is 15.5. The molecule has 0 aliphatic carbocycles. The number of hydrogen-bond acceptors (Lipinski definition) is 4. The minimum atomic E-state index is -0.614. The van der Waals surface area contributed by atoms with Crippen molar-refractivity contribution in [1.82, 2.24) is 20.5 Å². The highest BCUT2D eigenvalue weighted by Gasteiger charge is 2.27. The number of carbonyl (C=O) groups excluding carboxylic acids is 2. The summed E-state index contributed by atoms with van der Waals surface area (Å²) in [6, 6.07) is 11.8. The molecule has 7 heteroatoms. The van der Waals surface area contributed by atoms with Crippen molar-refractivity contribution in [2.24, 2.45) is 5.92 Å². The lowest BCUT2D eigenvalue weighted by Crippen LogP contribution is -2.49. The molecule has 170 valence electrons. The number of para-hydroxylation sites is 1. The van der Waals surface area contributed by atoms with Gasteiger partial charge in [0.15, 0.2) is 0 Å². The minimum Gasteiger partial charge on any atom is -0.361 e.